The molecule has 0 aromatic carbocycles. The molecule has 0 aromatic rings. The first-order chi connectivity index (χ1) is 20.8. The van der Waals surface area contributed by atoms with Crippen LogP contribution in [0.1, 0.15) is 65.2 Å². The van der Waals surface area contributed by atoms with Crippen LogP contribution < -0.4 is 21.3 Å². The van der Waals surface area contributed by atoms with E-state index in [0.717, 1.165) is 57.4 Å². The summed E-state index contributed by atoms with van der Waals surface area (Å²) in [5.74, 6) is 0.318. The fraction of sp³-hybridized carbons (Fsp3) is 0.781. The fourth-order valence-corrected chi connectivity index (χ4v) is 8.22. The summed E-state index contributed by atoms with van der Waals surface area (Å²) >= 11 is 0. The van der Waals surface area contributed by atoms with E-state index in [0.29, 0.717) is 18.6 Å². The lowest BCUT2D eigenvalue weighted by molar-refractivity contribution is -0.145. The minimum absolute atomic E-state index is 0.00254. The lowest BCUT2D eigenvalue weighted by Gasteiger charge is -2.42. The van der Waals surface area contributed by atoms with Gasteiger partial charge in [-0.1, -0.05) is 38.5 Å². The number of rotatable bonds is 9. The second-order valence-corrected chi connectivity index (χ2v) is 13.6. The van der Waals surface area contributed by atoms with Crippen LogP contribution in [0.2, 0.25) is 0 Å². The van der Waals surface area contributed by atoms with E-state index < -0.39 is 18.7 Å². The van der Waals surface area contributed by atoms with Crippen LogP contribution in [0.15, 0.2) is 35.7 Å². The van der Waals surface area contributed by atoms with E-state index in [-0.39, 0.29) is 36.1 Å². The Balaban J connectivity index is 1.07. The molecular formula is C32H53N7O4. The number of amides is 1. The maximum Gasteiger partial charge on any atom is 0.240 e. The Hall–Kier alpha value is -1.99. The van der Waals surface area contributed by atoms with Crippen molar-refractivity contribution in [2.75, 3.05) is 33.3 Å². The molecule has 0 spiro atoms. The van der Waals surface area contributed by atoms with Crippen LogP contribution in [-0.4, -0.2) is 113 Å². The molecule has 1 amide bonds. The van der Waals surface area contributed by atoms with Crippen LogP contribution in [0.4, 0.5) is 0 Å². The number of allylic oxidation sites excluding steroid dienone is 2. The van der Waals surface area contributed by atoms with E-state index in [2.05, 4.69) is 55.4 Å². The van der Waals surface area contributed by atoms with Crippen LogP contribution in [-0.2, 0) is 9.53 Å². The summed E-state index contributed by atoms with van der Waals surface area (Å²) in [6, 6.07) is -0.0449. The highest BCUT2D eigenvalue weighted by Gasteiger charge is 2.45. The molecule has 43 heavy (non-hydrogen) atoms. The summed E-state index contributed by atoms with van der Waals surface area (Å²) in [5.41, 5.74) is 2.32. The predicted molar refractivity (Wildman–Crippen MR) is 165 cm³/mol. The standard InChI is InChI=1S/C32H53N7O4/c1-20(2)29(36-32(42)43-3)31(41)38-17-7-8-26(38)30-34-23-11-9-21(18-24(23)35-30)25-12-14-28(40)39(25)22-10-13-27(33-19-22)37-15-5-4-6-16-37/h9-11,13,20-22,25-30,32-36,40,42H,4-8,12,14-19H2,1-3H3/t21-,22-,25+,26-,27?,28-,29-,30+,32+/m0/s1. The molecule has 0 aromatic heterocycles. The average Bonchev–Trinajstić information content (AvgIpc) is 3.77. The number of hydrogen-bond acceptors (Lipinski definition) is 10. The van der Waals surface area contributed by atoms with Crippen LogP contribution in [0.5, 0.6) is 0 Å². The Morgan fingerprint density at radius 3 is 2.56 bits per heavy atom. The second kappa shape index (κ2) is 13.6. The Labute approximate surface area is 256 Å². The number of aliphatic hydroxyl groups is 2. The molecule has 6 aliphatic rings. The molecule has 0 radical (unpaired) electrons. The zero-order valence-corrected chi connectivity index (χ0v) is 26.1. The molecule has 240 valence electrons. The highest BCUT2D eigenvalue weighted by atomic mass is 16.6. The molecule has 11 nitrogen and oxygen atoms in total. The van der Waals surface area contributed by atoms with Gasteiger partial charge < -0.3 is 30.5 Å². The molecule has 9 atom stereocenters. The lowest BCUT2D eigenvalue weighted by atomic mass is 9.88. The molecule has 6 N–H and O–H groups in total. The van der Waals surface area contributed by atoms with Gasteiger partial charge >= 0.3 is 0 Å². The Morgan fingerprint density at radius 2 is 1.84 bits per heavy atom. The van der Waals surface area contributed by atoms with Gasteiger partial charge in [-0.3, -0.25) is 25.2 Å². The van der Waals surface area contributed by atoms with Crippen molar-refractivity contribution in [1.29, 1.82) is 0 Å². The van der Waals surface area contributed by atoms with E-state index in [1.807, 2.05) is 18.7 Å². The number of carbonyl (C=O) groups excluding carboxylic acids is 1. The smallest absolute Gasteiger partial charge is 0.240 e. The SMILES string of the molecule is CO[C@@H](O)N[C@H](C(=O)N1CCC[C@H]1[C@@H]1NC2=C(C[C@@H]([C@H]3CC[C@H](O)N3[C@H]3C=CC(N4CCCCC4)NC3)C=C2)N1)C(C)C. The summed E-state index contributed by atoms with van der Waals surface area (Å²) in [7, 11) is 1.42. The van der Waals surface area contributed by atoms with Gasteiger partial charge in [-0.05, 0) is 75.9 Å². The summed E-state index contributed by atoms with van der Waals surface area (Å²) in [4.78, 5) is 20.5. The fourth-order valence-electron chi connectivity index (χ4n) is 8.22. The van der Waals surface area contributed by atoms with Gasteiger partial charge in [-0.25, -0.2) is 0 Å². The number of hydrogen-bond donors (Lipinski definition) is 6. The van der Waals surface area contributed by atoms with Crippen molar-refractivity contribution < 1.29 is 19.7 Å². The maximum absolute atomic E-state index is 13.6. The third-order valence-corrected chi connectivity index (χ3v) is 10.5. The van der Waals surface area contributed by atoms with Gasteiger partial charge in [0.15, 0.2) is 0 Å². The summed E-state index contributed by atoms with van der Waals surface area (Å²) in [6.45, 7) is 7.85. The van der Waals surface area contributed by atoms with Crippen molar-refractivity contribution in [2.45, 2.75) is 114 Å². The Bertz CT molecular complexity index is 1080. The van der Waals surface area contributed by atoms with E-state index in [1.54, 1.807) is 0 Å². The number of piperidine rings is 1. The molecule has 3 fully saturated rings. The van der Waals surface area contributed by atoms with Crippen LogP contribution in [0.3, 0.4) is 0 Å². The summed E-state index contributed by atoms with van der Waals surface area (Å²) in [5, 5.41) is 35.2. The Kier molecular flexibility index (Phi) is 9.78. The van der Waals surface area contributed by atoms with Gasteiger partial charge in [0.2, 0.25) is 12.3 Å². The van der Waals surface area contributed by atoms with Crippen molar-refractivity contribution in [3.05, 3.63) is 35.7 Å². The largest absolute Gasteiger partial charge is 0.378 e. The van der Waals surface area contributed by atoms with Crippen molar-refractivity contribution >= 4 is 5.91 Å². The molecule has 5 aliphatic heterocycles. The molecular weight excluding hydrogens is 546 g/mol. The van der Waals surface area contributed by atoms with Gasteiger partial charge in [0.05, 0.1) is 23.9 Å². The zero-order valence-electron chi connectivity index (χ0n) is 26.1. The van der Waals surface area contributed by atoms with E-state index in [1.165, 1.54) is 32.1 Å². The number of nitrogens with zero attached hydrogens (tertiary/aromatic N) is 3. The quantitative estimate of drug-likeness (QED) is 0.169. The van der Waals surface area contributed by atoms with Crippen LogP contribution in [0.25, 0.3) is 0 Å². The molecule has 5 heterocycles. The van der Waals surface area contributed by atoms with Crippen LogP contribution in [0, 0.1) is 11.8 Å². The number of likely N-dealkylation sites (tertiary alicyclic amines) is 3. The highest BCUT2D eigenvalue weighted by Crippen LogP contribution is 2.38. The van der Waals surface area contributed by atoms with Crippen molar-refractivity contribution in [2.24, 2.45) is 11.8 Å². The van der Waals surface area contributed by atoms with Gasteiger partial charge in [0.25, 0.3) is 0 Å². The van der Waals surface area contributed by atoms with Gasteiger partial charge in [0, 0.05) is 38.0 Å². The number of methoxy groups -OCH3 is 1. The van der Waals surface area contributed by atoms with Crippen LogP contribution >= 0.6 is 0 Å². The first-order valence-electron chi connectivity index (χ1n) is 16.7. The van der Waals surface area contributed by atoms with Crippen molar-refractivity contribution in [3.63, 3.8) is 0 Å². The first kappa shape index (κ1) is 31.0. The minimum Gasteiger partial charge on any atom is -0.378 e. The van der Waals surface area contributed by atoms with E-state index >= 15 is 0 Å². The predicted octanol–water partition coefficient (Wildman–Crippen LogP) is 0.943. The monoisotopic (exact) mass is 599 g/mol. The number of nitrogens with one attached hydrogen (secondary N) is 4. The van der Waals surface area contributed by atoms with E-state index in [9.17, 15) is 15.0 Å². The Morgan fingerprint density at radius 1 is 1.02 bits per heavy atom. The van der Waals surface area contributed by atoms with Gasteiger partial charge in [0.1, 0.15) is 12.4 Å². The zero-order chi connectivity index (χ0) is 30.1. The number of aliphatic hydroxyl groups excluding tert-OH is 2. The van der Waals surface area contributed by atoms with Gasteiger partial charge in [-0.2, -0.15) is 0 Å². The lowest BCUT2D eigenvalue weighted by Crippen LogP contribution is -2.58. The molecule has 6 rings (SSSR count). The third-order valence-electron chi connectivity index (χ3n) is 10.5. The topological polar surface area (TPSA) is 125 Å². The normalized spacial score (nSPS) is 36.6. The highest BCUT2D eigenvalue weighted by molar-refractivity contribution is 5.83. The van der Waals surface area contributed by atoms with Crippen molar-refractivity contribution in [1.82, 2.24) is 36.0 Å². The molecule has 1 aliphatic carbocycles. The number of ether oxygens (including phenoxy) is 1. The second-order valence-electron chi connectivity index (χ2n) is 13.6. The van der Waals surface area contributed by atoms with E-state index in [4.69, 9.17) is 4.74 Å². The molecule has 3 saturated heterocycles. The van der Waals surface area contributed by atoms with Gasteiger partial charge in [-0.15, -0.1) is 0 Å². The molecule has 1 unspecified atom stereocenters. The summed E-state index contributed by atoms with van der Waals surface area (Å²) in [6.07, 6.45) is 16.3. The minimum atomic E-state index is -1.18. The average molecular weight is 600 g/mol. The summed E-state index contributed by atoms with van der Waals surface area (Å²) < 4.78 is 4.98. The molecule has 11 heteroatoms. The maximum atomic E-state index is 13.6. The third kappa shape index (κ3) is 6.54. The van der Waals surface area contributed by atoms with Crippen molar-refractivity contribution in [3.8, 4) is 0 Å². The number of carbonyl (C=O) groups is 1. The molecule has 0 saturated carbocycles. The first-order valence-corrected chi connectivity index (χ1v) is 16.7. The molecule has 0 bridgehead atoms.